The van der Waals surface area contributed by atoms with Crippen LogP contribution >= 0.6 is 0 Å². The molecule has 0 bridgehead atoms. The smallest absolute Gasteiger partial charge is 0.287 e. The molecule has 0 aliphatic rings. The highest BCUT2D eigenvalue weighted by Crippen LogP contribution is 2.32. The average Bonchev–Trinajstić information content (AvgIpc) is 2.85. The van der Waals surface area contributed by atoms with E-state index in [4.69, 9.17) is 0 Å². The molecule has 0 unspecified atom stereocenters. The standard InChI is InChI=1S/C13H11F3N2O/c1-2-18-11(7-8-17-18)12(19)9-5-3-4-6-10(9)13(14,15)16/h3-8H,2H2,1H3. The van der Waals surface area contributed by atoms with Gasteiger partial charge in [0.25, 0.3) is 0 Å². The zero-order chi connectivity index (χ0) is 14.0. The number of hydrogen-bond donors (Lipinski definition) is 0. The number of hydrogen-bond acceptors (Lipinski definition) is 2. The van der Waals surface area contributed by atoms with E-state index >= 15 is 0 Å². The van der Waals surface area contributed by atoms with Crippen molar-refractivity contribution in [3.63, 3.8) is 0 Å². The van der Waals surface area contributed by atoms with Gasteiger partial charge in [-0.3, -0.25) is 9.48 Å². The number of carbonyl (C=O) groups is 1. The number of rotatable bonds is 3. The summed E-state index contributed by atoms with van der Waals surface area (Å²) < 4.78 is 39.9. The normalized spacial score (nSPS) is 11.6. The molecule has 6 heteroatoms. The lowest BCUT2D eigenvalue weighted by Gasteiger charge is -2.12. The van der Waals surface area contributed by atoms with Crippen molar-refractivity contribution in [2.24, 2.45) is 0 Å². The first-order valence-electron chi connectivity index (χ1n) is 5.68. The molecule has 0 atom stereocenters. The lowest BCUT2D eigenvalue weighted by Crippen LogP contribution is -2.16. The topological polar surface area (TPSA) is 34.9 Å². The second-order valence-corrected chi connectivity index (χ2v) is 3.90. The average molecular weight is 268 g/mol. The summed E-state index contributed by atoms with van der Waals surface area (Å²) in [6.45, 7) is 2.18. The summed E-state index contributed by atoms with van der Waals surface area (Å²) >= 11 is 0. The Hall–Kier alpha value is -2.11. The molecule has 0 fully saturated rings. The third-order valence-electron chi connectivity index (χ3n) is 2.73. The number of aryl methyl sites for hydroxylation is 1. The number of alkyl halides is 3. The molecule has 0 aliphatic carbocycles. The number of aromatic nitrogens is 2. The fourth-order valence-electron chi connectivity index (χ4n) is 1.84. The number of ketones is 1. The van der Waals surface area contributed by atoms with E-state index in [0.29, 0.717) is 6.54 Å². The van der Waals surface area contributed by atoms with Gasteiger partial charge in [-0.05, 0) is 19.1 Å². The van der Waals surface area contributed by atoms with Crippen LogP contribution in [0.2, 0.25) is 0 Å². The molecule has 1 aromatic carbocycles. The van der Waals surface area contributed by atoms with E-state index in [0.717, 1.165) is 6.07 Å². The van der Waals surface area contributed by atoms with Gasteiger partial charge in [0.1, 0.15) is 5.69 Å². The predicted octanol–water partition coefficient (Wildman–Crippen LogP) is 3.15. The van der Waals surface area contributed by atoms with Crippen molar-refractivity contribution in [3.05, 3.63) is 53.3 Å². The summed E-state index contributed by atoms with van der Waals surface area (Å²) in [5.41, 5.74) is -1.13. The van der Waals surface area contributed by atoms with Crippen molar-refractivity contribution in [1.29, 1.82) is 0 Å². The maximum Gasteiger partial charge on any atom is 0.417 e. The lowest BCUT2D eigenvalue weighted by molar-refractivity contribution is -0.137. The molecule has 100 valence electrons. The highest BCUT2D eigenvalue weighted by molar-refractivity contribution is 6.08. The van der Waals surface area contributed by atoms with Crippen LogP contribution in [0.15, 0.2) is 36.5 Å². The highest BCUT2D eigenvalue weighted by Gasteiger charge is 2.35. The van der Waals surface area contributed by atoms with Gasteiger partial charge in [-0.1, -0.05) is 18.2 Å². The van der Waals surface area contributed by atoms with Crippen LogP contribution in [-0.2, 0) is 12.7 Å². The summed E-state index contributed by atoms with van der Waals surface area (Å²) in [6.07, 6.45) is -3.16. The molecule has 0 radical (unpaired) electrons. The third kappa shape index (κ3) is 2.52. The summed E-state index contributed by atoms with van der Waals surface area (Å²) in [5.74, 6) is -0.674. The molecule has 2 aromatic rings. The molecule has 3 nitrogen and oxygen atoms in total. The maximum absolute atomic E-state index is 12.9. The highest BCUT2D eigenvalue weighted by atomic mass is 19.4. The summed E-state index contributed by atoms with van der Waals surface area (Å²) in [7, 11) is 0. The quantitative estimate of drug-likeness (QED) is 0.801. The Bertz CT molecular complexity index is 602. The van der Waals surface area contributed by atoms with Crippen LogP contribution in [0.4, 0.5) is 13.2 Å². The largest absolute Gasteiger partial charge is 0.417 e. The minimum Gasteiger partial charge on any atom is -0.287 e. The van der Waals surface area contributed by atoms with E-state index in [9.17, 15) is 18.0 Å². The first-order chi connectivity index (χ1) is 8.95. The number of halogens is 3. The summed E-state index contributed by atoms with van der Waals surface area (Å²) in [4.78, 5) is 12.2. The van der Waals surface area contributed by atoms with Gasteiger partial charge >= 0.3 is 6.18 Å². The second-order valence-electron chi connectivity index (χ2n) is 3.90. The van der Waals surface area contributed by atoms with Crippen LogP contribution in [0.25, 0.3) is 0 Å². The van der Waals surface area contributed by atoms with Crippen molar-refractivity contribution >= 4 is 5.78 Å². The van der Waals surface area contributed by atoms with Gasteiger partial charge in [0, 0.05) is 18.3 Å². The van der Waals surface area contributed by atoms with Crippen molar-refractivity contribution < 1.29 is 18.0 Å². The van der Waals surface area contributed by atoms with Crippen LogP contribution in [-0.4, -0.2) is 15.6 Å². The molecule has 0 spiro atoms. The Morgan fingerprint density at radius 1 is 1.26 bits per heavy atom. The lowest BCUT2D eigenvalue weighted by atomic mass is 10.0. The molecule has 0 aliphatic heterocycles. The van der Waals surface area contributed by atoms with Crippen LogP contribution in [0.5, 0.6) is 0 Å². The first kappa shape index (κ1) is 13.3. The van der Waals surface area contributed by atoms with Crippen LogP contribution < -0.4 is 0 Å². The molecule has 2 rings (SSSR count). The Labute approximate surface area is 107 Å². The van der Waals surface area contributed by atoms with Crippen molar-refractivity contribution in [2.75, 3.05) is 0 Å². The third-order valence-corrected chi connectivity index (χ3v) is 2.73. The van der Waals surface area contributed by atoms with Gasteiger partial charge < -0.3 is 0 Å². The van der Waals surface area contributed by atoms with E-state index in [1.54, 1.807) is 6.92 Å². The zero-order valence-corrected chi connectivity index (χ0v) is 10.1. The fraction of sp³-hybridized carbons (Fsp3) is 0.231. The second kappa shape index (κ2) is 4.87. The Morgan fingerprint density at radius 2 is 1.95 bits per heavy atom. The minimum absolute atomic E-state index is 0.152. The van der Waals surface area contributed by atoms with E-state index in [-0.39, 0.29) is 11.3 Å². The van der Waals surface area contributed by atoms with Crippen molar-refractivity contribution in [1.82, 2.24) is 9.78 Å². The molecule has 1 heterocycles. The van der Waals surface area contributed by atoms with E-state index in [1.165, 1.54) is 35.1 Å². The maximum atomic E-state index is 12.9. The number of carbonyl (C=O) groups excluding carboxylic acids is 1. The SMILES string of the molecule is CCn1nccc1C(=O)c1ccccc1C(F)(F)F. The van der Waals surface area contributed by atoms with Crippen LogP contribution in [0, 0.1) is 0 Å². The Balaban J connectivity index is 2.51. The van der Waals surface area contributed by atoms with Crippen molar-refractivity contribution in [3.8, 4) is 0 Å². The van der Waals surface area contributed by atoms with E-state index in [2.05, 4.69) is 5.10 Å². The molecule has 0 amide bonds. The molecule has 0 saturated heterocycles. The van der Waals surface area contributed by atoms with Crippen molar-refractivity contribution in [2.45, 2.75) is 19.6 Å². The van der Waals surface area contributed by atoms with Crippen LogP contribution in [0.1, 0.15) is 28.5 Å². The van der Waals surface area contributed by atoms with Gasteiger partial charge in [-0.15, -0.1) is 0 Å². The Morgan fingerprint density at radius 3 is 2.58 bits per heavy atom. The van der Waals surface area contributed by atoms with Gasteiger partial charge in [0.15, 0.2) is 0 Å². The molecular weight excluding hydrogens is 257 g/mol. The van der Waals surface area contributed by atoms with Gasteiger partial charge in [-0.25, -0.2) is 0 Å². The number of nitrogens with zero attached hydrogens (tertiary/aromatic N) is 2. The minimum atomic E-state index is -4.55. The van der Waals surface area contributed by atoms with Gasteiger partial charge in [0.2, 0.25) is 5.78 Å². The van der Waals surface area contributed by atoms with E-state index in [1.807, 2.05) is 0 Å². The van der Waals surface area contributed by atoms with Crippen LogP contribution in [0.3, 0.4) is 0 Å². The number of benzene rings is 1. The molecule has 0 saturated carbocycles. The summed E-state index contributed by atoms with van der Waals surface area (Å²) in [5, 5.41) is 3.89. The molecule has 1 aromatic heterocycles. The fourth-order valence-corrected chi connectivity index (χ4v) is 1.84. The predicted molar refractivity (Wildman–Crippen MR) is 62.8 cm³/mol. The molecule has 0 N–H and O–H groups in total. The first-order valence-corrected chi connectivity index (χ1v) is 5.68. The van der Waals surface area contributed by atoms with Gasteiger partial charge in [-0.2, -0.15) is 18.3 Å². The Kier molecular flexibility index (Phi) is 3.42. The van der Waals surface area contributed by atoms with Gasteiger partial charge in [0.05, 0.1) is 5.56 Å². The molecular formula is C13H11F3N2O. The van der Waals surface area contributed by atoms with E-state index < -0.39 is 17.5 Å². The summed E-state index contributed by atoms with van der Waals surface area (Å²) in [6, 6.07) is 6.17. The zero-order valence-electron chi connectivity index (χ0n) is 10.1. The molecule has 19 heavy (non-hydrogen) atoms. The monoisotopic (exact) mass is 268 g/mol.